The van der Waals surface area contributed by atoms with Crippen molar-refractivity contribution < 1.29 is 9.53 Å². The third-order valence-electron chi connectivity index (χ3n) is 4.52. The van der Waals surface area contributed by atoms with E-state index in [1.807, 2.05) is 25.7 Å². The summed E-state index contributed by atoms with van der Waals surface area (Å²) < 4.78 is 5.48. The normalized spacial score (nSPS) is 21.2. The Hall–Kier alpha value is -1.03. The lowest BCUT2D eigenvalue weighted by molar-refractivity contribution is 0.0258. The first-order valence-electron chi connectivity index (χ1n) is 8.80. The SMILES string of the molecule is CC(C)(C)OC(=O)N1CCC=C(CCC2CCNCC2)CC1. The molecule has 1 saturated heterocycles. The van der Waals surface area contributed by atoms with E-state index in [-0.39, 0.29) is 6.09 Å². The summed E-state index contributed by atoms with van der Waals surface area (Å²) in [5.74, 6) is 0.882. The molecule has 126 valence electrons. The molecule has 0 radical (unpaired) electrons. The van der Waals surface area contributed by atoms with Crippen molar-refractivity contribution in [1.29, 1.82) is 0 Å². The first-order chi connectivity index (χ1) is 10.4. The van der Waals surface area contributed by atoms with Crippen molar-refractivity contribution in [3.8, 4) is 0 Å². The molecular weight excluding hydrogens is 276 g/mol. The van der Waals surface area contributed by atoms with Crippen LogP contribution >= 0.6 is 0 Å². The van der Waals surface area contributed by atoms with Crippen LogP contribution in [0.1, 0.15) is 59.3 Å². The predicted octanol–water partition coefficient (Wildman–Crippen LogP) is 3.72. The van der Waals surface area contributed by atoms with Crippen LogP contribution in [0.25, 0.3) is 0 Å². The fraction of sp³-hybridized carbons (Fsp3) is 0.833. The smallest absolute Gasteiger partial charge is 0.410 e. The highest BCUT2D eigenvalue weighted by atomic mass is 16.6. The number of rotatable bonds is 3. The molecule has 2 aliphatic rings. The third-order valence-corrected chi connectivity index (χ3v) is 4.52. The highest BCUT2D eigenvalue weighted by Gasteiger charge is 2.23. The van der Waals surface area contributed by atoms with Crippen LogP contribution < -0.4 is 5.32 Å². The Bertz CT molecular complexity index is 392. The molecule has 0 saturated carbocycles. The van der Waals surface area contributed by atoms with Crippen LogP contribution in [0.15, 0.2) is 11.6 Å². The summed E-state index contributed by atoms with van der Waals surface area (Å²) in [5, 5.41) is 3.43. The standard InChI is InChI=1S/C18H32N2O2/c1-18(2,3)22-17(21)20-13-4-5-15(10-14-20)6-7-16-8-11-19-12-9-16/h5,16,19H,4,6-14H2,1-3H3. The number of carbonyl (C=O) groups excluding carboxylic acids is 1. The Morgan fingerprint density at radius 1 is 1.32 bits per heavy atom. The lowest BCUT2D eigenvalue weighted by Gasteiger charge is -2.26. The van der Waals surface area contributed by atoms with Crippen molar-refractivity contribution in [2.75, 3.05) is 26.2 Å². The van der Waals surface area contributed by atoms with Crippen molar-refractivity contribution in [3.63, 3.8) is 0 Å². The second-order valence-electron chi connectivity index (χ2n) is 7.60. The van der Waals surface area contributed by atoms with Crippen LogP contribution in [0.2, 0.25) is 0 Å². The van der Waals surface area contributed by atoms with E-state index in [0.717, 1.165) is 31.8 Å². The number of nitrogens with one attached hydrogen (secondary N) is 1. The van der Waals surface area contributed by atoms with Crippen molar-refractivity contribution >= 4 is 6.09 Å². The molecule has 2 rings (SSSR count). The summed E-state index contributed by atoms with van der Waals surface area (Å²) >= 11 is 0. The highest BCUT2D eigenvalue weighted by molar-refractivity contribution is 5.68. The van der Waals surface area contributed by atoms with Crippen LogP contribution in [0.5, 0.6) is 0 Å². The average molecular weight is 308 g/mol. The minimum atomic E-state index is -0.408. The molecule has 1 N–H and O–H groups in total. The number of ether oxygens (including phenoxy) is 1. The molecule has 0 aromatic carbocycles. The molecule has 1 amide bonds. The van der Waals surface area contributed by atoms with E-state index in [4.69, 9.17) is 4.74 Å². The number of nitrogens with zero attached hydrogens (tertiary/aromatic N) is 1. The van der Waals surface area contributed by atoms with Gasteiger partial charge < -0.3 is 15.0 Å². The third kappa shape index (κ3) is 5.99. The summed E-state index contributed by atoms with van der Waals surface area (Å²) in [7, 11) is 0. The molecule has 0 spiro atoms. The Kier molecular flexibility index (Phi) is 6.30. The Labute approximate surface area is 135 Å². The highest BCUT2D eigenvalue weighted by Crippen LogP contribution is 2.24. The van der Waals surface area contributed by atoms with E-state index in [9.17, 15) is 4.79 Å². The quantitative estimate of drug-likeness (QED) is 0.808. The lowest BCUT2D eigenvalue weighted by Crippen LogP contribution is -2.37. The molecule has 22 heavy (non-hydrogen) atoms. The molecule has 2 heterocycles. The zero-order valence-electron chi connectivity index (χ0n) is 14.5. The summed E-state index contributed by atoms with van der Waals surface area (Å²) in [6.07, 6.45) is 9.29. The van der Waals surface area contributed by atoms with Crippen LogP contribution in [0.4, 0.5) is 4.79 Å². The van der Waals surface area contributed by atoms with Gasteiger partial charge >= 0.3 is 6.09 Å². The van der Waals surface area contributed by atoms with Gasteiger partial charge in [-0.2, -0.15) is 0 Å². The van der Waals surface area contributed by atoms with Gasteiger partial charge in [-0.05, 0) is 78.3 Å². The number of amides is 1. The van der Waals surface area contributed by atoms with Crippen LogP contribution in [-0.4, -0.2) is 42.8 Å². The van der Waals surface area contributed by atoms with E-state index >= 15 is 0 Å². The van der Waals surface area contributed by atoms with Crippen LogP contribution in [0.3, 0.4) is 0 Å². The lowest BCUT2D eigenvalue weighted by atomic mass is 9.90. The maximum Gasteiger partial charge on any atom is 0.410 e. The molecule has 4 heteroatoms. The van der Waals surface area contributed by atoms with E-state index in [1.54, 1.807) is 0 Å². The van der Waals surface area contributed by atoms with Gasteiger partial charge in [0, 0.05) is 13.1 Å². The van der Waals surface area contributed by atoms with Gasteiger partial charge in [0.25, 0.3) is 0 Å². The van der Waals surface area contributed by atoms with E-state index in [0.29, 0.717) is 0 Å². The van der Waals surface area contributed by atoms with Crippen molar-refractivity contribution in [2.24, 2.45) is 5.92 Å². The van der Waals surface area contributed by atoms with Gasteiger partial charge in [-0.25, -0.2) is 4.79 Å². The largest absolute Gasteiger partial charge is 0.444 e. The zero-order chi connectivity index (χ0) is 16.0. The molecule has 0 bridgehead atoms. The number of piperidine rings is 1. The van der Waals surface area contributed by atoms with Gasteiger partial charge in [0.1, 0.15) is 5.60 Å². The maximum absolute atomic E-state index is 12.2. The molecule has 1 fully saturated rings. The first-order valence-corrected chi connectivity index (χ1v) is 8.80. The second-order valence-corrected chi connectivity index (χ2v) is 7.60. The van der Waals surface area contributed by atoms with Crippen LogP contribution in [-0.2, 0) is 4.74 Å². The molecule has 0 unspecified atom stereocenters. The van der Waals surface area contributed by atoms with Crippen LogP contribution in [0, 0.1) is 5.92 Å². The van der Waals surface area contributed by atoms with Gasteiger partial charge in [-0.1, -0.05) is 11.6 Å². The zero-order valence-corrected chi connectivity index (χ0v) is 14.5. The van der Waals surface area contributed by atoms with E-state index in [1.165, 1.54) is 44.3 Å². The molecule has 0 aliphatic carbocycles. The molecule has 2 aliphatic heterocycles. The Morgan fingerprint density at radius 3 is 2.73 bits per heavy atom. The molecule has 4 nitrogen and oxygen atoms in total. The maximum atomic E-state index is 12.2. The van der Waals surface area contributed by atoms with Gasteiger partial charge in [-0.3, -0.25) is 0 Å². The van der Waals surface area contributed by atoms with Gasteiger partial charge in [-0.15, -0.1) is 0 Å². The Balaban J connectivity index is 1.74. The topological polar surface area (TPSA) is 41.6 Å². The fourth-order valence-corrected chi connectivity index (χ4v) is 3.21. The second kappa shape index (κ2) is 8.00. The summed E-state index contributed by atoms with van der Waals surface area (Å²) in [6.45, 7) is 9.70. The number of hydrogen-bond donors (Lipinski definition) is 1. The van der Waals surface area contributed by atoms with Gasteiger partial charge in [0.15, 0.2) is 0 Å². The van der Waals surface area contributed by atoms with Gasteiger partial charge in [0.05, 0.1) is 0 Å². The molecule has 0 atom stereocenters. The summed E-state index contributed by atoms with van der Waals surface area (Å²) in [6, 6.07) is 0. The van der Waals surface area contributed by atoms with Crippen molar-refractivity contribution in [2.45, 2.75) is 64.9 Å². The number of hydrogen-bond acceptors (Lipinski definition) is 3. The predicted molar refractivity (Wildman–Crippen MR) is 90.0 cm³/mol. The average Bonchev–Trinajstić information content (AvgIpc) is 2.70. The van der Waals surface area contributed by atoms with E-state index < -0.39 is 5.60 Å². The summed E-state index contributed by atoms with van der Waals surface area (Å²) in [4.78, 5) is 14.0. The van der Waals surface area contributed by atoms with Crippen molar-refractivity contribution in [3.05, 3.63) is 11.6 Å². The van der Waals surface area contributed by atoms with Gasteiger partial charge in [0.2, 0.25) is 0 Å². The first kappa shape index (κ1) is 17.3. The Morgan fingerprint density at radius 2 is 2.05 bits per heavy atom. The number of carbonyl (C=O) groups is 1. The minimum absolute atomic E-state index is 0.166. The molecular formula is C18H32N2O2. The van der Waals surface area contributed by atoms with E-state index in [2.05, 4.69) is 11.4 Å². The summed E-state index contributed by atoms with van der Waals surface area (Å²) in [5.41, 5.74) is 1.12. The van der Waals surface area contributed by atoms with Crippen molar-refractivity contribution in [1.82, 2.24) is 10.2 Å². The molecule has 0 aromatic rings. The minimum Gasteiger partial charge on any atom is -0.444 e. The fourth-order valence-electron chi connectivity index (χ4n) is 3.21. The molecule has 0 aromatic heterocycles. The monoisotopic (exact) mass is 308 g/mol.